The average Bonchev–Trinajstić information content (AvgIpc) is 3.30. The number of aliphatic hydroxyl groups excluding tert-OH is 1. The van der Waals surface area contributed by atoms with E-state index in [4.69, 9.17) is 0 Å². The second-order valence-corrected chi connectivity index (χ2v) is 5.52. The molecule has 0 saturated heterocycles. The van der Waals surface area contributed by atoms with Crippen molar-refractivity contribution in [2.24, 2.45) is 5.92 Å². The van der Waals surface area contributed by atoms with Crippen molar-refractivity contribution in [2.45, 2.75) is 31.8 Å². The van der Waals surface area contributed by atoms with Crippen molar-refractivity contribution in [3.63, 3.8) is 0 Å². The van der Waals surface area contributed by atoms with Crippen LogP contribution in [0.2, 0.25) is 0 Å². The lowest BCUT2D eigenvalue weighted by Crippen LogP contribution is -1.97. The molecule has 2 aromatic rings. The SMILES string of the molecule is OC(CCC1CC1)c1ccc(-c2ccccc2)cc1. The first-order chi connectivity index (χ1) is 9.33. The first-order valence-corrected chi connectivity index (χ1v) is 7.16. The molecule has 19 heavy (non-hydrogen) atoms. The Bertz CT molecular complexity index is 511. The lowest BCUT2D eigenvalue weighted by molar-refractivity contribution is 0.162. The van der Waals surface area contributed by atoms with Gasteiger partial charge in [0.1, 0.15) is 0 Å². The molecule has 2 aromatic carbocycles. The Hall–Kier alpha value is -1.60. The lowest BCUT2D eigenvalue weighted by atomic mass is 9.99. The number of benzene rings is 2. The maximum atomic E-state index is 10.2. The van der Waals surface area contributed by atoms with Crippen LogP contribution in [-0.2, 0) is 0 Å². The fourth-order valence-corrected chi connectivity index (χ4v) is 2.50. The van der Waals surface area contributed by atoms with Gasteiger partial charge in [0, 0.05) is 0 Å². The number of hydrogen-bond donors (Lipinski definition) is 1. The molecule has 1 heteroatoms. The van der Waals surface area contributed by atoms with Gasteiger partial charge in [0.15, 0.2) is 0 Å². The van der Waals surface area contributed by atoms with Crippen molar-refractivity contribution in [3.8, 4) is 11.1 Å². The van der Waals surface area contributed by atoms with Crippen LogP contribution in [0.1, 0.15) is 37.4 Å². The second kappa shape index (κ2) is 5.58. The van der Waals surface area contributed by atoms with E-state index < -0.39 is 0 Å². The molecular formula is C18H20O. The fraction of sp³-hybridized carbons (Fsp3) is 0.333. The maximum Gasteiger partial charge on any atom is 0.0790 e. The summed E-state index contributed by atoms with van der Waals surface area (Å²) in [5.41, 5.74) is 3.47. The molecule has 0 amide bonds. The van der Waals surface area contributed by atoms with Crippen molar-refractivity contribution >= 4 is 0 Å². The molecule has 1 aliphatic carbocycles. The molecule has 1 atom stereocenters. The normalized spacial score (nSPS) is 16.3. The average molecular weight is 252 g/mol. The molecule has 0 heterocycles. The topological polar surface area (TPSA) is 20.2 Å². The molecule has 0 bridgehead atoms. The van der Waals surface area contributed by atoms with Crippen LogP contribution in [0.5, 0.6) is 0 Å². The van der Waals surface area contributed by atoms with Crippen LogP contribution in [0.3, 0.4) is 0 Å². The number of hydrogen-bond acceptors (Lipinski definition) is 1. The van der Waals surface area contributed by atoms with Gasteiger partial charge in [-0.15, -0.1) is 0 Å². The van der Waals surface area contributed by atoms with Crippen molar-refractivity contribution in [1.82, 2.24) is 0 Å². The van der Waals surface area contributed by atoms with Crippen LogP contribution in [0.4, 0.5) is 0 Å². The highest BCUT2D eigenvalue weighted by atomic mass is 16.3. The Labute approximate surface area is 114 Å². The van der Waals surface area contributed by atoms with Crippen LogP contribution in [0.25, 0.3) is 11.1 Å². The third-order valence-corrected chi connectivity index (χ3v) is 3.95. The summed E-state index contributed by atoms with van der Waals surface area (Å²) in [6.45, 7) is 0. The van der Waals surface area contributed by atoms with E-state index in [0.29, 0.717) is 0 Å². The van der Waals surface area contributed by atoms with E-state index in [1.54, 1.807) is 0 Å². The molecule has 3 rings (SSSR count). The highest BCUT2D eigenvalue weighted by Crippen LogP contribution is 2.36. The van der Waals surface area contributed by atoms with Crippen LogP contribution < -0.4 is 0 Å². The van der Waals surface area contributed by atoms with Gasteiger partial charge in [-0.05, 0) is 35.4 Å². The first-order valence-electron chi connectivity index (χ1n) is 7.16. The maximum absolute atomic E-state index is 10.2. The minimum atomic E-state index is -0.301. The minimum absolute atomic E-state index is 0.301. The van der Waals surface area contributed by atoms with Crippen LogP contribution in [-0.4, -0.2) is 5.11 Å². The molecule has 1 N–H and O–H groups in total. The zero-order valence-corrected chi connectivity index (χ0v) is 11.1. The predicted molar refractivity (Wildman–Crippen MR) is 78.8 cm³/mol. The molecule has 0 radical (unpaired) electrons. The highest BCUT2D eigenvalue weighted by molar-refractivity contribution is 5.63. The van der Waals surface area contributed by atoms with Gasteiger partial charge in [0.05, 0.1) is 6.10 Å². The third-order valence-electron chi connectivity index (χ3n) is 3.95. The van der Waals surface area contributed by atoms with Gasteiger partial charge in [-0.3, -0.25) is 0 Å². The van der Waals surface area contributed by atoms with Crippen molar-refractivity contribution in [1.29, 1.82) is 0 Å². The molecule has 1 fully saturated rings. The summed E-state index contributed by atoms with van der Waals surface area (Å²) < 4.78 is 0. The molecule has 98 valence electrons. The largest absolute Gasteiger partial charge is 0.388 e. The third kappa shape index (κ3) is 3.24. The van der Waals surface area contributed by atoms with Gasteiger partial charge in [0.2, 0.25) is 0 Å². The Balaban J connectivity index is 1.67. The van der Waals surface area contributed by atoms with E-state index in [2.05, 4.69) is 36.4 Å². The van der Waals surface area contributed by atoms with Crippen LogP contribution in [0, 0.1) is 5.92 Å². The minimum Gasteiger partial charge on any atom is -0.388 e. The summed E-state index contributed by atoms with van der Waals surface area (Å²) >= 11 is 0. The summed E-state index contributed by atoms with van der Waals surface area (Å²) in [7, 11) is 0. The molecule has 0 aliphatic heterocycles. The number of rotatable bonds is 5. The monoisotopic (exact) mass is 252 g/mol. The van der Waals surface area contributed by atoms with E-state index in [9.17, 15) is 5.11 Å². The summed E-state index contributed by atoms with van der Waals surface area (Å²) in [5.74, 6) is 0.887. The smallest absolute Gasteiger partial charge is 0.0790 e. The molecular weight excluding hydrogens is 232 g/mol. The van der Waals surface area contributed by atoms with Gasteiger partial charge in [0.25, 0.3) is 0 Å². The van der Waals surface area contributed by atoms with Crippen LogP contribution in [0.15, 0.2) is 54.6 Å². The lowest BCUT2D eigenvalue weighted by Gasteiger charge is -2.11. The van der Waals surface area contributed by atoms with Crippen molar-refractivity contribution in [3.05, 3.63) is 60.2 Å². The Morgan fingerprint density at radius 2 is 1.53 bits per heavy atom. The van der Waals surface area contributed by atoms with E-state index >= 15 is 0 Å². The summed E-state index contributed by atoms with van der Waals surface area (Å²) in [6.07, 6.45) is 4.49. The van der Waals surface area contributed by atoms with Gasteiger partial charge < -0.3 is 5.11 Å². The van der Waals surface area contributed by atoms with Crippen molar-refractivity contribution < 1.29 is 5.11 Å². The molecule has 1 aliphatic rings. The molecule has 0 spiro atoms. The van der Waals surface area contributed by atoms with E-state index in [0.717, 1.165) is 17.9 Å². The number of aliphatic hydroxyl groups is 1. The first kappa shape index (κ1) is 12.4. The highest BCUT2D eigenvalue weighted by Gasteiger charge is 2.22. The standard InChI is InChI=1S/C18H20O/c19-18(13-8-14-6-7-14)17-11-9-16(10-12-17)15-4-2-1-3-5-15/h1-5,9-12,14,18-19H,6-8,13H2. The van der Waals surface area contributed by atoms with E-state index in [1.807, 2.05) is 18.2 Å². The molecule has 1 unspecified atom stereocenters. The van der Waals surface area contributed by atoms with Crippen molar-refractivity contribution in [2.75, 3.05) is 0 Å². The Kier molecular flexibility index (Phi) is 3.65. The predicted octanol–water partition coefficient (Wildman–Crippen LogP) is 4.58. The Morgan fingerprint density at radius 1 is 0.895 bits per heavy atom. The van der Waals surface area contributed by atoms with E-state index in [-0.39, 0.29) is 6.10 Å². The molecule has 1 nitrogen and oxygen atoms in total. The van der Waals surface area contributed by atoms with Gasteiger partial charge in [-0.25, -0.2) is 0 Å². The van der Waals surface area contributed by atoms with Gasteiger partial charge in [-0.1, -0.05) is 67.4 Å². The van der Waals surface area contributed by atoms with E-state index in [1.165, 1.54) is 30.4 Å². The Morgan fingerprint density at radius 3 is 2.16 bits per heavy atom. The van der Waals surface area contributed by atoms with Crippen LogP contribution >= 0.6 is 0 Å². The molecule has 0 aromatic heterocycles. The fourth-order valence-electron chi connectivity index (χ4n) is 2.50. The zero-order valence-electron chi connectivity index (χ0n) is 11.1. The summed E-state index contributed by atoms with van der Waals surface area (Å²) in [5, 5.41) is 10.2. The quantitative estimate of drug-likeness (QED) is 0.826. The zero-order chi connectivity index (χ0) is 13.1. The molecule has 1 saturated carbocycles. The van der Waals surface area contributed by atoms with Gasteiger partial charge >= 0.3 is 0 Å². The second-order valence-electron chi connectivity index (χ2n) is 5.52. The van der Waals surface area contributed by atoms with Gasteiger partial charge in [-0.2, -0.15) is 0 Å². The summed E-state index contributed by atoms with van der Waals surface area (Å²) in [6, 6.07) is 18.7. The summed E-state index contributed by atoms with van der Waals surface area (Å²) in [4.78, 5) is 0.